The Morgan fingerprint density at radius 3 is 2.30 bits per heavy atom. The predicted molar refractivity (Wildman–Crippen MR) is 130 cm³/mol. The zero-order chi connectivity index (χ0) is 23.8. The summed E-state index contributed by atoms with van der Waals surface area (Å²) in [4.78, 5) is 13.0. The maximum Gasteiger partial charge on any atom is 0.243 e. The van der Waals surface area contributed by atoms with Gasteiger partial charge in [-0.15, -0.1) is 0 Å². The van der Waals surface area contributed by atoms with Gasteiger partial charge in [-0.3, -0.25) is 4.79 Å². The summed E-state index contributed by atoms with van der Waals surface area (Å²) in [6.45, 7) is 1.68. The van der Waals surface area contributed by atoms with Crippen molar-refractivity contribution in [3.05, 3.63) is 95.0 Å². The standard InChI is InChI=1S/C25H27ClN2O4S/c1-19(23-10-6-7-11-24(23)32-2)27-25(29)18-28(17-16-20-8-4-3-5-9-20)33(30,31)22-14-12-21(26)13-15-22/h3-15,19H,16-18H2,1-2H3,(H,27,29)/t19-/m0/s1. The number of methoxy groups -OCH3 is 1. The Bertz CT molecular complexity index is 1170. The summed E-state index contributed by atoms with van der Waals surface area (Å²) in [6.07, 6.45) is 0.475. The molecule has 8 heteroatoms. The minimum atomic E-state index is -3.91. The molecule has 33 heavy (non-hydrogen) atoms. The van der Waals surface area contributed by atoms with E-state index < -0.39 is 15.9 Å². The van der Waals surface area contributed by atoms with E-state index >= 15 is 0 Å². The SMILES string of the molecule is COc1ccccc1[C@H](C)NC(=O)CN(CCc1ccccc1)S(=O)(=O)c1ccc(Cl)cc1. The van der Waals surface area contributed by atoms with Gasteiger partial charge in [0.05, 0.1) is 24.6 Å². The molecule has 0 saturated heterocycles. The van der Waals surface area contributed by atoms with Crippen LogP contribution in [0, 0.1) is 0 Å². The van der Waals surface area contributed by atoms with Crippen LogP contribution in [0.4, 0.5) is 0 Å². The number of nitrogens with zero attached hydrogens (tertiary/aromatic N) is 1. The number of ether oxygens (including phenoxy) is 1. The molecule has 1 atom stereocenters. The molecule has 1 N–H and O–H groups in total. The van der Waals surface area contributed by atoms with Gasteiger partial charge in [0.25, 0.3) is 0 Å². The average molecular weight is 487 g/mol. The topological polar surface area (TPSA) is 75.7 Å². The summed E-state index contributed by atoms with van der Waals surface area (Å²) in [5.74, 6) is 0.249. The highest BCUT2D eigenvalue weighted by molar-refractivity contribution is 7.89. The summed E-state index contributed by atoms with van der Waals surface area (Å²) in [6, 6.07) is 22.5. The number of para-hydroxylation sites is 1. The Balaban J connectivity index is 1.79. The first-order chi connectivity index (χ1) is 15.8. The van der Waals surface area contributed by atoms with Crippen LogP contribution in [0.5, 0.6) is 5.75 Å². The maximum atomic E-state index is 13.3. The number of hydrogen-bond donors (Lipinski definition) is 1. The van der Waals surface area contributed by atoms with Gasteiger partial charge in [0, 0.05) is 17.1 Å². The van der Waals surface area contributed by atoms with E-state index in [0.717, 1.165) is 11.1 Å². The zero-order valence-electron chi connectivity index (χ0n) is 18.6. The lowest BCUT2D eigenvalue weighted by Gasteiger charge is -2.24. The Morgan fingerprint density at radius 2 is 1.64 bits per heavy atom. The Hall–Kier alpha value is -2.87. The fraction of sp³-hybridized carbons (Fsp3) is 0.240. The molecular weight excluding hydrogens is 460 g/mol. The van der Waals surface area contributed by atoms with E-state index in [0.29, 0.717) is 17.2 Å². The van der Waals surface area contributed by atoms with Crippen molar-refractivity contribution in [2.75, 3.05) is 20.2 Å². The lowest BCUT2D eigenvalue weighted by Crippen LogP contribution is -2.42. The number of rotatable bonds is 10. The number of benzene rings is 3. The van der Waals surface area contributed by atoms with Gasteiger partial charge < -0.3 is 10.1 Å². The number of nitrogens with one attached hydrogen (secondary N) is 1. The normalized spacial score (nSPS) is 12.4. The highest BCUT2D eigenvalue weighted by Crippen LogP contribution is 2.24. The lowest BCUT2D eigenvalue weighted by atomic mass is 10.1. The average Bonchev–Trinajstić information content (AvgIpc) is 2.82. The van der Waals surface area contributed by atoms with E-state index in [9.17, 15) is 13.2 Å². The molecule has 0 spiro atoms. The number of hydrogen-bond acceptors (Lipinski definition) is 4. The summed E-state index contributed by atoms with van der Waals surface area (Å²) < 4.78 is 33.3. The molecule has 0 fully saturated rings. The maximum absolute atomic E-state index is 13.3. The van der Waals surface area contributed by atoms with E-state index in [-0.39, 0.29) is 24.0 Å². The lowest BCUT2D eigenvalue weighted by molar-refractivity contribution is -0.121. The van der Waals surface area contributed by atoms with Crippen LogP contribution in [-0.2, 0) is 21.2 Å². The van der Waals surface area contributed by atoms with Crippen LogP contribution in [0.3, 0.4) is 0 Å². The molecule has 0 saturated carbocycles. The van der Waals surface area contributed by atoms with E-state index in [1.807, 2.05) is 61.5 Å². The Kier molecular flexibility index (Phi) is 8.49. The Morgan fingerprint density at radius 1 is 1.00 bits per heavy atom. The highest BCUT2D eigenvalue weighted by Gasteiger charge is 2.27. The number of sulfonamides is 1. The van der Waals surface area contributed by atoms with E-state index in [1.165, 1.54) is 28.6 Å². The molecule has 0 radical (unpaired) electrons. The molecule has 0 aliphatic carbocycles. The molecule has 0 aromatic heterocycles. The third kappa shape index (κ3) is 6.57. The van der Waals surface area contributed by atoms with Gasteiger partial charge in [-0.2, -0.15) is 4.31 Å². The second-order valence-corrected chi connectivity index (χ2v) is 9.93. The minimum Gasteiger partial charge on any atom is -0.496 e. The Labute approximate surface area is 200 Å². The van der Waals surface area contributed by atoms with Crippen molar-refractivity contribution in [2.24, 2.45) is 0 Å². The molecule has 0 aliphatic rings. The van der Waals surface area contributed by atoms with Crippen LogP contribution in [0.25, 0.3) is 0 Å². The molecule has 3 aromatic carbocycles. The molecular formula is C25H27ClN2O4S. The predicted octanol–water partition coefficient (Wildman–Crippen LogP) is 4.46. The van der Waals surface area contributed by atoms with Gasteiger partial charge >= 0.3 is 0 Å². The van der Waals surface area contributed by atoms with Crippen LogP contribution in [0.2, 0.25) is 5.02 Å². The minimum absolute atomic E-state index is 0.0885. The number of halogens is 1. The number of carbonyl (C=O) groups is 1. The van der Waals surface area contributed by atoms with E-state index in [1.54, 1.807) is 7.11 Å². The summed E-state index contributed by atoms with van der Waals surface area (Å²) in [7, 11) is -2.34. The second kappa shape index (κ2) is 11.3. The monoisotopic (exact) mass is 486 g/mol. The summed E-state index contributed by atoms with van der Waals surface area (Å²) >= 11 is 5.92. The van der Waals surface area contributed by atoms with Crippen molar-refractivity contribution in [1.82, 2.24) is 9.62 Å². The van der Waals surface area contributed by atoms with Crippen LogP contribution >= 0.6 is 11.6 Å². The quantitative estimate of drug-likeness (QED) is 0.459. The van der Waals surface area contributed by atoms with Crippen LogP contribution in [0.15, 0.2) is 83.8 Å². The van der Waals surface area contributed by atoms with E-state index in [2.05, 4.69) is 5.32 Å². The van der Waals surface area contributed by atoms with Gasteiger partial charge in [-0.05, 0) is 49.2 Å². The first kappa shape index (κ1) is 24.8. The van der Waals surface area contributed by atoms with Crippen molar-refractivity contribution < 1.29 is 17.9 Å². The fourth-order valence-electron chi connectivity index (χ4n) is 3.49. The van der Waals surface area contributed by atoms with Crippen molar-refractivity contribution in [3.63, 3.8) is 0 Å². The molecule has 0 unspecified atom stereocenters. The second-order valence-electron chi connectivity index (χ2n) is 7.56. The number of amides is 1. The molecule has 0 bridgehead atoms. The van der Waals surface area contributed by atoms with E-state index in [4.69, 9.17) is 16.3 Å². The van der Waals surface area contributed by atoms with Gasteiger partial charge in [0.15, 0.2) is 0 Å². The molecule has 6 nitrogen and oxygen atoms in total. The highest BCUT2D eigenvalue weighted by atomic mass is 35.5. The third-order valence-corrected chi connectivity index (χ3v) is 7.36. The smallest absolute Gasteiger partial charge is 0.243 e. The molecule has 3 aromatic rings. The van der Waals surface area contributed by atoms with Gasteiger partial charge in [-0.25, -0.2) is 8.42 Å². The molecule has 1 amide bonds. The third-order valence-electron chi connectivity index (χ3n) is 5.25. The van der Waals surface area contributed by atoms with Gasteiger partial charge in [-0.1, -0.05) is 60.1 Å². The van der Waals surface area contributed by atoms with Crippen molar-refractivity contribution >= 4 is 27.5 Å². The largest absolute Gasteiger partial charge is 0.496 e. The molecule has 0 aliphatic heterocycles. The van der Waals surface area contributed by atoms with Crippen molar-refractivity contribution in [2.45, 2.75) is 24.3 Å². The van der Waals surface area contributed by atoms with Crippen LogP contribution in [0.1, 0.15) is 24.1 Å². The summed E-state index contributed by atoms with van der Waals surface area (Å²) in [5.41, 5.74) is 1.79. The molecule has 174 valence electrons. The fourth-order valence-corrected chi connectivity index (χ4v) is 5.01. The van der Waals surface area contributed by atoms with Crippen LogP contribution in [-0.4, -0.2) is 38.8 Å². The van der Waals surface area contributed by atoms with Crippen molar-refractivity contribution in [1.29, 1.82) is 0 Å². The van der Waals surface area contributed by atoms with Crippen LogP contribution < -0.4 is 10.1 Å². The van der Waals surface area contributed by atoms with Gasteiger partial charge in [0.1, 0.15) is 5.75 Å². The first-order valence-corrected chi connectivity index (χ1v) is 12.3. The molecule has 3 rings (SSSR count). The number of carbonyl (C=O) groups excluding carboxylic acids is 1. The van der Waals surface area contributed by atoms with Crippen molar-refractivity contribution in [3.8, 4) is 5.75 Å². The first-order valence-electron chi connectivity index (χ1n) is 10.5. The zero-order valence-corrected chi connectivity index (χ0v) is 20.1. The van der Waals surface area contributed by atoms with Gasteiger partial charge in [0.2, 0.25) is 15.9 Å². The molecule has 0 heterocycles. The summed E-state index contributed by atoms with van der Waals surface area (Å²) in [5, 5.41) is 3.32.